The topological polar surface area (TPSA) is 89.0 Å². The van der Waals surface area contributed by atoms with Crippen molar-refractivity contribution in [3.63, 3.8) is 0 Å². The summed E-state index contributed by atoms with van der Waals surface area (Å²) in [5.74, 6) is -1.37. The summed E-state index contributed by atoms with van der Waals surface area (Å²) in [6.07, 6.45) is 2.46. The highest BCUT2D eigenvalue weighted by atomic mass is 16.6. The number of carboxylic acid groups (broad SMARTS) is 1. The highest BCUT2D eigenvalue weighted by molar-refractivity contribution is 5.85. The number of carboxylic acids is 1. The second-order valence-electron chi connectivity index (χ2n) is 5.12. The van der Waals surface area contributed by atoms with Crippen molar-refractivity contribution >= 4 is 11.9 Å². The number of hydrogen-bond acceptors (Lipinski definition) is 6. The van der Waals surface area contributed by atoms with Crippen molar-refractivity contribution in [2.75, 3.05) is 26.3 Å². The number of rotatable bonds is 7. The van der Waals surface area contributed by atoms with Gasteiger partial charge in [0.15, 0.2) is 0 Å². The van der Waals surface area contributed by atoms with E-state index in [9.17, 15) is 9.59 Å². The van der Waals surface area contributed by atoms with E-state index in [0.717, 1.165) is 25.1 Å². The molecule has 22 heavy (non-hydrogen) atoms. The Labute approximate surface area is 128 Å². The molecule has 0 spiro atoms. The molecule has 0 unspecified atom stereocenters. The lowest BCUT2D eigenvalue weighted by molar-refractivity contribution is -0.150. The van der Waals surface area contributed by atoms with Crippen LogP contribution in [0, 0.1) is 0 Å². The molecule has 0 aliphatic carbocycles. The molecule has 1 aromatic heterocycles. The van der Waals surface area contributed by atoms with Gasteiger partial charge in [-0.25, -0.2) is 14.6 Å². The fourth-order valence-corrected chi connectivity index (χ4v) is 2.37. The Balaban J connectivity index is 1.76. The maximum atomic E-state index is 11.2. The fraction of sp³-hybridized carbons (Fsp3) is 0.533. The zero-order valence-corrected chi connectivity index (χ0v) is 12.5. The van der Waals surface area contributed by atoms with Crippen LogP contribution in [0.3, 0.4) is 0 Å². The average molecular weight is 308 g/mol. The largest absolute Gasteiger partial charge is 0.477 e. The van der Waals surface area contributed by atoms with Crippen LogP contribution in [-0.4, -0.2) is 59.3 Å². The van der Waals surface area contributed by atoms with Crippen LogP contribution in [0.5, 0.6) is 0 Å². The van der Waals surface area contributed by atoms with Crippen molar-refractivity contribution in [3.8, 4) is 0 Å². The number of ether oxygens (including phenoxy) is 2. The Morgan fingerprint density at radius 1 is 1.45 bits per heavy atom. The smallest absolute Gasteiger partial charge is 0.354 e. The molecule has 120 valence electrons. The second-order valence-corrected chi connectivity index (χ2v) is 5.12. The molecule has 1 aliphatic rings. The lowest BCUT2D eigenvalue weighted by atomic mass is 10.2. The number of aromatic carboxylic acids is 1. The molecule has 1 aromatic rings. The SMILES string of the molecule is CCOC(=O)CO[C@@H]1CCN(Cc2ccc(C(=O)O)nc2)C1. The lowest BCUT2D eigenvalue weighted by Gasteiger charge is -2.16. The van der Waals surface area contributed by atoms with Gasteiger partial charge in [-0.15, -0.1) is 0 Å². The quantitative estimate of drug-likeness (QED) is 0.750. The Bertz CT molecular complexity index is 517. The number of pyridine rings is 1. The molecule has 0 aromatic carbocycles. The summed E-state index contributed by atoms with van der Waals surface area (Å²) in [7, 11) is 0. The van der Waals surface area contributed by atoms with Gasteiger partial charge in [-0.2, -0.15) is 0 Å². The molecular weight excluding hydrogens is 288 g/mol. The standard InChI is InChI=1S/C15H20N2O5/c1-2-21-14(18)10-22-12-5-6-17(9-12)8-11-3-4-13(15(19)20)16-7-11/h3-4,7,12H,2,5-6,8-10H2,1H3,(H,19,20)/t12-/m1/s1. The average Bonchev–Trinajstić information content (AvgIpc) is 2.93. The van der Waals surface area contributed by atoms with Crippen molar-refractivity contribution in [1.82, 2.24) is 9.88 Å². The number of aromatic nitrogens is 1. The molecule has 1 fully saturated rings. The van der Waals surface area contributed by atoms with Crippen molar-refractivity contribution in [3.05, 3.63) is 29.6 Å². The fourth-order valence-electron chi connectivity index (χ4n) is 2.37. The molecule has 1 atom stereocenters. The molecule has 0 radical (unpaired) electrons. The van der Waals surface area contributed by atoms with E-state index in [1.54, 1.807) is 19.2 Å². The van der Waals surface area contributed by atoms with Gasteiger partial charge in [0.1, 0.15) is 12.3 Å². The van der Waals surface area contributed by atoms with Crippen molar-refractivity contribution in [1.29, 1.82) is 0 Å². The van der Waals surface area contributed by atoms with Crippen LogP contribution < -0.4 is 0 Å². The Morgan fingerprint density at radius 2 is 2.27 bits per heavy atom. The third-order valence-electron chi connectivity index (χ3n) is 3.42. The van der Waals surface area contributed by atoms with E-state index in [1.165, 1.54) is 6.07 Å². The third-order valence-corrected chi connectivity index (χ3v) is 3.42. The van der Waals surface area contributed by atoms with Crippen LogP contribution in [-0.2, 0) is 20.8 Å². The van der Waals surface area contributed by atoms with Crippen LogP contribution in [0.15, 0.2) is 18.3 Å². The molecule has 0 amide bonds. The lowest BCUT2D eigenvalue weighted by Crippen LogP contribution is -2.25. The van der Waals surface area contributed by atoms with Crippen LogP contribution in [0.4, 0.5) is 0 Å². The summed E-state index contributed by atoms with van der Waals surface area (Å²) in [5.41, 5.74) is 0.997. The van der Waals surface area contributed by atoms with Gasteiger partial charge >= 0.3 is 11.9 Å². The summed E-state index contributed by atoms with van der Waals surface area (Å²) in [6.45, 7) is 4.40. The second kappa shape index (κ2) is 7.86. The summed E-state index contributed by atoms with van der Waals surface area (Å²) in [5, 5.41) is 8.81. The van der Waals surface area contributed by atoms with Gasteiger partial charge < -0.3 is 14.6 Å². The number of likely N-dealkylation sites (tertiary alicyclic amines) is 1. The zero-order valence-electron chi connectivity index (χ0n) is 12.5. The van der Waals surface area contributed by atoms with Gasteiger partial charge in [0, 0.05) is 25.8 Å². The third kappa shape index (κ3) is 4.78. The molecule has 1 saturated heterocycles. The van der Waals surface area contributed by atoms with E-state index in [-0.39, 0.29) is 24.4 Å². The van der Waals surface area contributed by atoms with Gasteiger partial charge in [0.05, 0.1) is 12.7 Å². The Kier molecular flexibility index (Phi) is 5.85. The number of nitrogens with zero attached hydrogens (tertiary/aromatic N) is 2. The molecular formula is C15H20N2O5. The predicted molar refractivity (Wildman–Crippen MR) is 77.5 cm³/mol. The highest BCUT2D eigenvalue weighted by Crippen LogP contribution is 2.16. The molecule has 7 nitrogen and oxygen atoms in total. The molecule has 2 heterocycles. The van der Waals surface area contributed by atoms with Gasteiger partial charge in [-0.1, -0.05) is 6.07 Å². The minimum atomic E-state index is -1.03. The van der Waals surface area contributed by atoms with E-state index >= 15 is 0 Å². The van der Waals surface area contributed by atoms with Gasteiger partial charge in [-0.3, -0.25) is 4.90 Å². The van der Waals surface area contributed by atoms with Crippen molar-refractivity contribution in [2.24, 2.45) is 0 Å². The van der Waals surface area contributed by atoms with Gasteiger partial charge in [0.25, 0.3) is 0 Å². The van der Waals surface area contributed by atoms with Crippen molar-refractivity contribution in [2.45, 2.75) is 26.0 Å². The molecule has 1 N–H and O–H groups in total. The Morgan fingerprint density at radius 3 is 2.91 bits per heavy atom. The monoisotopic (exact) mass is 308 g/mol. The molecule has 0 saturated carbocycles. The van der Waals surface area contributed by atoms with E-state index in [0.29, 0.717) is 13.2 Å². The van der Waals surface area contributed by atoms with E-state index in [2.05, 4.69) is 9.88 Å². The first kappa shape index (κ1) is 16.4. The number of carbonyl (C=O) groups is 2. The first-order chi connectivity index (χ1) is 10.6. The van der Waals surface area contributed by atoms with Crippen LogP contribution >= 0.6 is 0 Å². The maximum absolute atomic E-state index is 11.2. The first-order valence-corrected chi connectivity index (χ1v) is 7.26. The number of hydrogen-bond donors (Lipinski definition) is 1. The minimum Gasteiger partial charge on any atom is -0.477 e. The number of carbonyl (C=O) groups excluding carboxylic acids is 1. The summed E-state index contributed by atoms with van der Waals surface area (Å²) >= 11 is 0. The molecule has 1 aliphatic heterocycles. The van der Waals surface area contributed by atoms with Crippen LogP contribution in [0.1, 0.15) is 29.4 Å². The summed E-state index contributed by atoms with van der Waals surface area (Å²) in [6, 6.07) is 3.27. The number of esters is 1. The van der Waals surface area contributed by atoms with Gasteiger partial charge in [-0.05, 0) is 25.0 Å². The van der Waals surface area contributed by atoms with E-state index in [1.807, 2.05) is 0 Å². The summed E-state index contributed by atoms with van der Waals surface area (Å²) < 4.78 is 10.3. The van der Waals surface area contributed by atoms with Crippen LogP contribution in [0.25, 0.3) is 0 Å². The van der Waals surface area contributed by atoms with Gasteiger partial charge in [0.2, 0.25) is 0 Å². The molecule has 0 bridgehead atoms. The first-order valence-electron chi connectivity index (χ1n) is 7.26. The normalized spacial score (nSPS) is 18.3. The minimum absolute atomic E-state index is 0.0127. The van der Waals surface area contributed by atoms with E-state index in [4.69, 9.17) is 14.6 Å². The molecule has 7 heteroatoms. The molecule has 2 rings (SSSR count). The zero-order chi connectivity index (χ0) is 15.9. The Hall–Kier alpha value is -1.99. The van der Waals surface area contributed by atoms with Crippen LogP contribution in [0.2, 0.25) is 0 Å². The van der Waals surface area contributed by atoms with Crippen molar-refractivity contribution < 1.29 is 24.2 Å². The summed E-state index contributed by atoms with van der Waals surface area (Å²) in [4.78, 5) is 28.1. The van der Waals surface area contributed by atoms with E-state index < -0.39 is 5.97 Å². The predicted octanol–water partition coefficient (Wildman–Crippen LogP) is 0.934. The highest BCUT2D eigenvalue weighted by Gasteiger charge is 2.24. The maximum Gasteiger partial charge on any atom is 0.354 e.